The number of fused-ring (bicyclic) bond motifs is 1. The van der Waals surface area contributed by atoms with Gasteiger partial charge in [0.2, 0.25) is 5.91 Å². The molecule has 1 amide bonds. The Morgan fingerprint density at radius 1 is 1.06 bits per heavy atom. The maximum atomic E-state index is 12.6. The molecule has 4 rings (SSSR count). The standard InChI is InChI=1S/C27H24ClNO4/c1-17(12-27(30)29-15-19-6-4-5-7-24(19)28)21-13-22-23(16-33-26(22)14-25(21)32-3)18-8-10-20(31-2)11-9-18/h4-14,16H,15H2,1-3H3,(H,29,30)/b17-12+. The molecule has 0 saturated carbocycles. The fraction of sp³-hybridized carbons (Fsp3) is 0.148. The van der Waals surface area contributed by atoms with Gasteiger partial charge in [0.05, 0.1) is 20.5 Å². The summed E-state index contributed by atoms with van der Waals surface area (Å²) in [5.41, 5.74) is 5.11. The maximum absolute atomic E-state index is 12.6. The van der Waals surface area contributed by atoms with Gasteiger partial charge in [-0.15, -0.1) is 0 Å². The summed E-state index contributed by atoms with van der Waals surface area (Å²) in [6, 6.07) is 19.1. The molecule has 0 saturated heterocycles. The number of hydrogen-bond donors (Lipinski definition) is 1. The van der Waals surface area contributed by atoms with Gasteiger partial charge in [0.15, 0.2) is 0 Å². The van der Waals surface area contributed by atoms with Crippen LogP contribution < -0.4 is 14.8 Å². The topological polar surface area (TPSA) is 60.7 Å². The second kappa shape index (κ2) is 9.84. The Labute approximate surface area is 197 Å². The van der Waals surface area contributed by atoms with Crippen LogP contribution in [0.4, 0.5) is 0 Å². The van der Waals surface area contributed by atoms with E-state index in [-0.39, 0.29) is 5.91 Å². The Morgan fingerprint density at radius 2 is 1.82 bits per heavy atom. The normalized spacial score (nSPS) is 11.5. The summed E-state index contributed by atoms with van der Waals surface area (Å²) in [7, 11) is 3.24. The quantitative estimate of drug-likeness (QED) is 0.319. The molecule has 0 fully saturated rings. The van der Waals surface area contributed by atoms with Crippen LogP contribution in [0.1, 0.15) is 18.1 Å². The zero-order valence-corrected chi connectivity index (χ0v) is 19.4. The van der Waals surface area contributed by atoms with Gasteiger partial charge in [-0.25, -0.2) is 0 Å². The van der Waals surface area contributed by atoms with Gasteiger partial charge in [-0.05, 0) is 47.9 Å². The van der Waals surface area contributed by atoms with Crippen LogP contribution in [0.15, 0.2) is 77.4 Å². The molecule has 3 aromatic carbocycles. The first-order valence-electron chi connectivity index (χ1n) is 10.4. The summed E-state index contributed by atoms with van der Waals surface area (Å²) in [6.45, 7) is 2.23. The fourth-order valence-corrected chi connectivity index (χ4v) is 3.88. The van der Waals surface area contributed by atoms with E-state index in [1.807, 2.05) is 61.5 Å². The highest BCUT2D eigenvalue weighted by Crippen LogP contribution is 2.37. The number of carbonyl (C=O) groups is 1. The molecule has 0 unspecified atom stereocenters. The van der Waals surface area contributed by atoms with Crippen molar-refractivity contribution in [1.82, 2.24) is 5.32 Å². The van der Waals surface area contributed by atoms with Gasteiger partial charge >= 0.3 is 0 Å². The van der Waals surface area contributed by atoms with Crippen molar-refractivity contribution in [2.45, 2.75) is 13.5 Å². The number of hydrogen-bond acceptors (Lipinski definition) is 4. The van der Waals surface area contributed by atoms with Crippen molar-refractivity contribution in [3.05, 3.63) is 89.2 Å². The molecule has 0 atom stereocenters. The minimum atomic E-state index is -0.211. The van der Waals surface area contributed by atoms with Gasteiger partial charge in [-0.2, -0.15) is 0 Å². The van der Waals surface area contributed by atoms with Crippen LogP contribution in [0.2, 0.25) is 5.02 Å². The molecular formula is C27H24ClNO4. The summed E-state index contributed by atoms with van der Waals surface area (Å²) in [6.07, 6.45) is 3.29. The maximum Gasteiger partial charge on any atom is 0.244 e. The smallest absolute Gasteiger partial charge is 0.244 e. The van der Waals surface area contributed by atoms with Crippen molar-refractivity contribution in [3.8, 4) is 22.6 Å². The van der Waals surface area contributed by atoms with Crippen molar-refractivity contribution in [1.29, 1.82) is 0 Å². The number of allylic oxidation sites excluding steroid dienone is 1. The number of carbonyl (C=O) groups excluding carboxylic acids is 1. The van der Waals surface area contributed by atoms with E-state index in [4.69, 9.17) is 25.5 Å². The lowest BCUT2D eigenvalue weighted by atomic mass is 9.99. The number of benzene rings is 3. The third-order valence-corrected chi connectivity index (χ3v) is 5.85. The van der Waals surface area contributed by atoms with Crippen LogP contribution in [0.25, 0.3) is 27.7 Å². The Kier molecular flexibility index (Phi) is 6.71. The van der Waals surface area contributed by atoms with Gasteiger partial charge in [0.25, 0.3) is 0 Å². The minimum Gasteiger partial charge on any atom is -0.497 e. The molecule has 1 N–H and O–H groups in total. The lowest BCUT2D eigenvalue weighted by Gasteiger charge is -2.11. The lowest BCUT2D eigenvalue weighted by Crippen LogP contribution is -2.20. The van der Waals surface area contributed by atoms with Crippen molar-refractivity contribution in [2.24, 2.45) is 0 Å². The lowest BCUT2D eigenvalue weighted by molar-refractivity contribution is -0.116. The van der Waals surface area contributed by atoms with Crippen molar-refractivity contribution >= 4 is 34.1 Å². The van der Waals surface area contributed by atoms with Crippen LogP contribution in [-0.2, 0) is 11.3 Å². The molecule has 0 aliphatic carbocycles. The van der Waals surface area contributed by atoms with Gasteiger partial charge in [-0.3, -0.25) is 4.79 Å². The highest BCUT2D eigenvalue weighted by Gasteiger charge is 2.15. The number of ether oxygens (including phenoxy) is 2. The molecule has 0 aliphatic rings. The zero-order chi connectivity index (χ0) is 23.4. The summed E-state index contributed by atoms with van der Waals surface area (Å²) >= 11 is 6.18. The highest BCUT2D eigenvalue weighted by molar-refractivity contribution is 6.31. The zero-order valence-electron chi connectivity index (χ0n) is 18.6. The molecule has 0 spiro atoms. The van der Waals surface area contributed by atoms with E-state index < -0.39 is 0 Å². The summed E-state index contributed by atoms with van der Waals surface area (Å²) in [5, 5.41) is 4.44. The number of rotatable bonds is 7. The minimum absolute atomic E-state index is 0.211. The second-order valence-corrected chi connectivity index (χ2v) is 7.97. The van der Waals surface area contributed by atoms with E-state index in [0.29, 0.717) is 22.9 Å². The number of amides is 1. The molecule has 4 aromatic rings. The van der Waals surface area contributed by atoms with Gasteiger partial charge in [0, 0.05) is 40.2 Å². The summed E-state index contributed by atoms with van der Waals surface area (Å²) in [5.74, 6) is 1.21. The third-order valence-electron chi connectivity index (χ3n) is 5.48. The monoisotopic (exact) mass is 461 g/mol. The third kappa shape index (κ3) is 4.89. The highest BCUT2D eigenvalue weighted by atomic mass is 35.5. The molecule has 168 valence electrons. The molecule has 6 heteroatoms. The van der Waals surface area contributed by atoms with Crippen LogP contribution in [0.5, 0.6) is 11.5 Å². The van der Waals surface area contributed by atoms with Gasteiger partial charge < -0.3 is 19.2 Å². The van der Waals surface area contributed by atoms with E-state index in [2.05, 4.69) is 5.32 Å². The van der Waals surface area contributed by atoms with E-state index in [0.717, 1.165) is 39.0 Å². The molecule has 0 aliphatic heterocycles. The van der Waals surface area contributed by atoms with Crippen LogP contribution in [-0.4, -0.2) is 20.1 Å². The van der Waals surface area contributed by atoms with Crippen molar-refractivity contribution in [2.75, 3.05) is 14.2 Å². The molecule has 0 bridgehead atoms. The van der Waals surface area contributed by atoms with Crippen LogP contribution in [0.3, 0.4) is 0 Å². The van der Waals surface area contributed by atoms with E-state index >= 15 is 0 Å². The summed E-state index contributed by atoms with van der Waals surface area (Å²) in [4.78, 5) is 12.6. The number of methoxy groups -OCH3 is 2. The van der Waals surface area contributed by atoms with Crippen molar-refractivity contribution in [3.63, 3.8) is 0 Å². The average molecular weight is 462 g/mol. The number of nitrogens with one attached hydrogen (secondary N) is 1. The van der Waals surface area contributed by atoms with Crippen molar-refractivity contribution < 1.29 is 18.7 Å². The van der Waals surface area contributed by atoms with Gasteiger partial charge in [-0.1, -0.05) is 41.9 Å². The van der Waals surface area contributed by atoms with E-state index in [9.17, 15) is 4.79 Å². The first-order valence-corrected chi connectivity index (χ1v) is 10.8. The molecule has 0 radical (unpaired) electrons. The first kappa shape index (κ1) is 22.5. The second-order valence-electron chi connectivity index (χ2n) is 7.56. The Balaban J connectivity index is 1.63. The van der Waals surface area contributed by atoms with E-state index in [1.165, 1.54) is 0 Å². The predicted octanol–water partition coefficient (Wildman–Crippen LogP) is 6.49. The van der Waals surface area contributed by atoms with Gasteiger partial charge in [0.1, 0.15) is 17.1 Å². The molecule has 1 aromatic heterocycles. The SMILES string of the molecule is COc1ccc(-c2coc3cc(OC)c(/C(C)=C/C(=O)NCc4ccccc4Cl)cc23)cc1. The number of furan rings is 1. The molecule has 1 heterocycles. The fourth-order valence-electron chi connectivity index (χ4n) is 3.68. The Bertz CT molecular complexity index is 1320. The van der Waals surface area contributed by atoms with Crippen LogP contribution in [0, 0.1) is 0 Å². The number of halogens is 1. The Hall–Kier alpha value is -3.70. The summed E-state index contributed by atoms with van der Waals surface area (Å²) < 4.78 is 16.6. The average Bonchev–Trinajstić information content (AvgIpc) is 3.25. The first-order chi connectivity index (χ1) is 16.0. The molecule has 5 nitrogen and oxygen atoms in total. The Morgan fingerprint density at radius 3 is 2.52 bits per heavy atom. The van der Waals surface area contributed by atoms with Crippen LogP contribution >= 0.6 is 11.6 Å². The molecule has 33 heavy (non-hydrogen) atoms. The predicted molar refractivity (Wildman–Crippen MR) is 132 cm³/mol. The molecular weight excluding hydrogens is 438 g/mol. The van der Waals surface area contributed by atoms with E-state index in [1.54, 1.807) is 32.6 Å². The largest absolute Gasteiger partial charge is 0.497 e.